The van der Waals surface area contributed by atoms with E-state index >= 15 is 0 Å². The summed E-state index contributed by atoms with van der Waals surface area (Å²) >= 11 is 0. The number of ketones is 1. The summed E-state index contributed by atoms with van der Waals surface area (Å²) < 4.78 is 5.31. The molecule has 0 fully saturated rings. The van der Waals surface area contributed by atoms with E-state index in [-0.39, 0.29) is 17.5 Å². The van der Waals surface area contributed by atoms with Gasteiger partial charge < -0.3 is 9.84 Å². The molecule has 0 saturated heterocycles. The van der Waals surface area contributed by atoms with Crippen LogP contribution in [0.2, 0.25) is 0 Å². The highest BCUT2D eigenvalue weighted by molar-refractivity contribution is 6.01. The molecule has 0 amide bonds. The summed E-state index contributed by atoms with van der Waals surface area (Å²) in [5, 5.41) is 9.15. The van der Waals surface area contributed by atoms with E-state index in [2.05, 4.69) is 0 Å². The number of Topliss-reactive ketones (excluding diaryl/α,β-unsaturated/α-hetero) is 1. The fourth-order valence-corrected chi connectivity index (χ4v) is 1.39. The second-order valence-corrected chi connectivity index (χ2v) is 3.26. The number of phenols is 1. The summed E-state index contributed by atoms with van der Waals surface area (Å²) in [6.45, 7) is 2.23. The Kier molecular flexibility index (Phi) is 1.72. The maximum absolute atomic E-state index is 11.6. The molecular weight excluding hydrogens is 168 g/mol. The fourth-order valence-electron chi connectivity index (χ4n) is 1.39. The maximum Gasteiger partial charge on any atom is 0.172 e. The topological polar surface area (TPSA) is 46.5 Å². The Labute approximate surface area is 76.0 Å². The van der Waals surface area contributed by atoms with Crippen molar-refractivity contribution >= 4 is 5.78 Å². The van der Waals surface area contributed by atoms with E-state index in [0.29, 0.717) is 17.9 Å². The van der Waals surface area contributed by atoms with Gasteiger partial charge in [0.05, 0.1) is 18.1 Å². The summed E-state index contributed by atoms with van der Waals surface area (Å²) in [4.78, 5) is 11.6. The monoisotopic (exact) mass is 178 g/mol. The van der Waals surface area contributed by atoms with Crippen LogP contribution in [0.15, 0.2) is 18.2 Å². The highest BCUT2D eigenvalue weighted by Gasteiger charge is 2.25. The second-order valence-electron chi connectivity index (χ2n) is 3.26. The fraction of sp³-hybridized carbons (Fsp3) is 0.300. The van der Waals surface area contributed by atoms with Gasteiger partial charge in [0.2, 0.25) is 0 Å². The molecule has 0 aliphatic carbocycles. The van der Waals surface area contributed by atoms with E-state index in [1.807, 2.05) is 6.92 Å². The summed E-state index contributed by atoms with van der Waals surface area (Å²) in [5.41, 5.74) is 0.566. The largest absolute Gasteiger partial charge is 0.508 e. The van der Waals surface area contributed by atoms with Crippen molar-refractivity contribution in [3.05, 3.63) is 23.8 Å². The van der Waals surface area contributed by atoms with E-state index < -0.39 is 0 Å². The minimum atomic E-state index is -0.0861. The molecule has 2 rings (SSSR count). The summed E-state index contributed by atoms with van der Waals surface area (Å²) in [7, 11) is 0. The van der Waals surface area contributed by atoms with Crippen LogP contribution in [0.3, 0.4) is 0 Å². The molecule has 3 heteroatoms. The molecule has 1 N–H and O–H groups in total. The van der Waals surface area contributed by atoms with Crippen LogP contribution in [0.1, 0.15) is 17.3 Å². The standard InChI is InChI=1S/C10H10O3/c1-6-5-13-9-4-7(11)2-3-8(9)10(6)12/h2-4,6,11H,5H2,1H3. The molecule has 0 bridgehead atoms. The molecule has 3 nitrogen and oxygen atoms in total. The van der Waals surface area contributed by atoms with Crippen molar-refractivity contribution in [2.24, 2.45) is 5.92 Å². The quantitative estimate of drug-likeness (QED) is 0.656. The average Bonchev–Trinajstić information content (AvgIpc) is 2.12. The number of hydrogen-bond donors (Lipinski definition) is 1. The lowest BCUT2D eigenvalue weighted by molar-refractivity contribution is 0.0848. The van der Waals surface area contributed by atoms with Crippen molar-refractivity contribution in [1.29, 1.82) is 0 Å². The smallest absolute Gasteiger partial charge is 0.172 e. The number of hydrogen-bond acceptors (Lipinski definition) is 3. The Bertz CT molecular complexity index is 357. The first-order chi connectivity index (χ1) is 6.18. The van der Waals surface area contributed by atoms with Gasteiger partial charge in [0.25, 0.3) is 0 Å². The molecule has 1 unspecified atom stereocenters. The zero-order valence-electron chi connectivity index (χ0n) is 7.28. The predicted molar refractivity (Wildman–Crippen MR) is 47.1 cm³/mol. The van der Waals surface area contributed by atoms with E-state index in [1.165, 1.54) is 12.1 Å². The van der Waals surface area contributed by atoms with Gasteiger partial charge in [-0.3, -0.25) is 4.79 Å². The number of fused-ring (bicyclic) bond motifs is 1. The first-order valence-electron chi connectivity index (χ1n) is 4.18. The van der Waals surface area contributed by atoms with E-state index in [1.54, 1.807) is 6.07 Å². The molecule has 0 saturated carbocycles. The number of benzene rings is 1. The van der Waals surface area contributed by atoms with E-state index in [0.717, 1.165) is 0 Å². The van der Waals surface area contributed by atoms with Gasteiger partial charge in [-0.25, -0.2) is 0 Å². The molecule has 1 aromatic carbocycles. The van der Waals surface area contributed by atoms with Crippen LogP contribution in [-0.2, 0) is 0 Å². The third-order valence-electron chi connectivity index (χ3n) is 2.17. The van der Waals surface area contributed by atoms with Gasteiger partial charge in [0.15, 0.2) is 5.78 Å². The van der Waals surface area contributed by atoms with Crippen molar-refractivity contribution in [2.75, 3.05) is 6.61 Å². The zero-order chi connectivity index (χ0) is 9.42. The molecule has 1 aliphatic heterocycles. The first kappa shape index (κ1) is 8.10. The molecule has 0 radical (unpaired) electrons. The van der Waals surface area contributed by atoms with Crippen LogP contribution in [0.25, 0.3) is 0 Å². The molecule has 1 heterocycles. The second kappa shape index (κ2) is 2.76. The highest BCUT2D eigenvalue weighted by atomic mass is 16.5. The number of carbonyl (C=O) groups is 1. The van der Waals surface area contributed by atoms with Gasteiger partial charge in [-0.1, -0.05) is 6.92 Å². The Morgan fingerprint density at radius 1 is 1.54 bits per heavy atom. The average molecular weight is 178 g/mol. The Morgan fingerprint density at radius 3 is 3.08 bits per heavy atom. The van der Waals surface area contributed by atoms with Crippen molar-refractivity contribution in [3.63, 3.8) is 0 Å². The zero-order valence-corrected chi connectivity index (χ0v) is 7.28. The summed E-state index contributed by atoms with van der Waals surface area (Å²) in [5.74, 6) is 0.613. The lowest BCUT2D eigenvalue weighted by Gasteiger charge is -2.20. The van der Waals surface area contributed by atoms with E-state index in [4.69, 9.17) is 9.84 Å². The van der Waals surface area contributed by atoms with Crippen LogP contribution in [0.5, 0.6) is 11.5 Å². The summed E-state index contributed by atoms with van der Waals surface area (Å²) in [6, 6.07) is 4.57. The Hall–Kier alpha value is -1.51. The van der Waals surface area contributed by atoms with Crippen LogP contribution in [0, 0.1) is 5.92 Å². The van der Waals surface area contributed by atoms with Crippen LogP contribution >= 0.6 is 0 Å². The van der Waals surface area contributed by atoms with Crippen LogP contribution in [0.4, 0.5) is 0 Å². The Balaban J connectivity index is 2.50. The minimum absolute atomic E-state index is 0.0845. The lowest BCUT2D eigenvalue weighted by atomic mass is 9.97. The number of rotatable bonds is 0. The van der Waals surface area contributed by atoms with Crippen molar-refractivity contribution in [3.8, 4) is 11.5 Å². The maximum atomic E-state index is 11.6. The van der Waals surface area contributed by atoms with Crippen molar-refractivity contribution in [1.82, 2.24) is 0 Å². The molecule has 1 atom stereocenters. The number of aromatic hydroxyl groups is 1. The van der Waals surface area contributed by atoms with Gasteiger partial charge in [0.1, 0.15) is 11.5 Å². The van der Waals surface area contributed by atoms with Crippen molar-refractivity contribution in [2.45, 2.75) is 6.92 Å². The lowest BCUT2D eigenvalue weighted by Crippen LogP contribution is -2.25. The predicted octanol–water partition coefficient (Wildman–Crippen LogP) is 1.60. The SMILES string of the molecule is CC1COc2cc(O)ccc2C1=O. The van der Waals surface area contributed by atoms with Gasteiger partial charge in [-0.2, -0.15) is 0 Å². The highest BCUT2D eigenvalue weighted by Crippen LogP contribution is 2.30. The molecular formula is C10H10O3. The number of phenolic OH excluding ortho intramolecular Hbond substituents is 1. The molecule has 1 aromatic rings. The molecule has 1 aliphatic rings. The van der Waals surface area contributed by atoms with Crippen molar-refractivity contribution < 1.29 is 14.6 Å². The van der Waals surface area contributed by atoms with E-state index in [9.17, 15) is 4.79 Å². The third-order valence-corrected chi connectivity index (χ3v) is 2.17. The Morgan fingerprint density at radius 2 is 2.31 bits per heavy atom. The van der Waals surface area contributed by atoms with Gasteiger partial charge in [-0.05, 0) is 12.1 Å². The van der Waals surface area contributed by atoms with Crippen LogP contribution < -0.4 is 4.74 Å². The number of ether oxygens (including phenoxy) is 1. The molecule has 13 heavy (non-hydrogen) atoms. The minimum Gasteiger partial charge on any atom is -0.508 e. The molecule has 68 valence electrons. The van der Waals surface area contributed by atoms with Gasteiger partial charge >= 0.3 is 0 Å². The molecule has 0 aromatic heterocycles. The summed E-state index contributed by atoms with van der Waals surface area (Å²) in [6.07, 6.45) is 0. The van der Waals surface area contributed by atoms with Gasteiger partial charge in [-0.15, -0.1) is 0 Å². The third kappa shape index (κ3) is 1.26. The molecule has 0 spiro atoms. The first-order valence-corrected chi connectivity index (χ1v) is 4.18. The normalized spacial score (nSPS) is 20.7. The van der Waals surface area contributed by atoms with Gasteiger partial charge in [0, 0.05) is 6.07 Å². The number of carbonyl (C=O) groups excluding carboxylic acids is 1. The van der Waals surface area contributed by atoms with Crippen LogP contribution in [-0.4, -0.2) is 17.5 Å².